The molecule has 1 aliphatic heterocycles. The van der Waals surface area contributed by atoms with E-state index in [1.165, 1.54) is 4.90 Å². The van der Waals surface area contributed by atoms with E-state index in [1.54, 1.807) is 46.2 Å². The number of anilines is 1. The smallest absolute Gasteiger partial charge is 0.415 e. The largest absolute Gasteiger partial charge is 0.485 e. The summed E-state index contributed by atoms with van der Waals surface area (Å²) in [6.07, 6.45) is 4.85. The summed E-state index contributed by atoms with van der Waals surface area (Å²) in [5.74, 6) is 3.23. The Morgan fingerprint density at radius 1 is 1.28 bits per heavy atom. The highest BCUT2D eigenvalue weighted by Crippen LogP contribution is 2.47. The van der Waals surface area contributed by atoms with Crippen molar-refractivity contribution in [1.29, 1.82) is 0 Å². The van der Waals surface area contributed by atoms with Gasteiger partial charge in [0.15, 0.2) is 11.5 Å². The molecule has 6 nitrogen and oxygen atoms in total. The fraction of sp³-hybridized carbons (Fsp3) is 0.500. The number of terminal acetylenes is 1. The lowest BCUT2D eigenvalue weighted by Crippen LogP contribution is -2.38. The number of ether oxygens (including phenoxy) is 3. The molecule has 136 valence electrons. The Bertz CT molecular complexity index is 754. The maximum absolute atomic E-state index is 12.6. The summed E-state index contributed by atoms with van der Waals surface area (Å²) in [5, 5.41) is 0.579. The van der Waals surface area contributed by atoms with Gasteiger partial charge in [-0.05, 0) is 46.2 Å². The van der Waals surface area contributed by atoms with Crippen LogP contribution in [0.3, 0.4) is 0 Å². The lowest BCUT2D eigenvalue weighted by atomic mass is 10.2. The van der Waals surface area contributed by atoms with Crippen LogP contribution < -0.4 is 19.7 Å². The monoisotopic (exact) mass is 365 g/mol. The molecule has 0 unspecified atom stereocenters. The Morgan fingerprint density at radius 2 is 1.88 bits per heavy atom. The standard InChI is InChI=1S/C18H24NO5P/c1-7-10-19(17(20)24-18(2,3)4)13-8-9-14(25(5,6)21)16-15(13)22-11-12-23-16/h1,8-9H,10-12H2,2-6H3. The molecule has 0 spiro atoms. The molecule has 0 saturated heterocycles. The van der Waals surface area contributed by atoms with Crippen LogP contribution in [0.2, 0.25) is 0 Å². The van der Waals surface area contributed by atoms with E-state index in [0.717, 1.165) is 0 Å². The van der Waals surface area contributed by atoms with Crippen molar-refractivity contribution in [3.8, 4) is 23.8 Å². The molecule has 0 radical (unpaired) electrons. The number of rotatable bonds is 3. The van der Waals surface area contributed by atoms with E-state index in [1.807, 2.05) is 0 Å². The van der Waals surface area contributed by atoms with E-state index in [0.29, 0.717) is 35.7 Å². The second-order valence-corrected chi connectivity index (χ2v) is 10.3. The summed E-state index contributed by atoms with van der Waals surface area (Å²) >= 11 is 0. The van der Waals surface area contributed by atoms with Crippen LogP contribution in [0.5, 0.6) is 11.5 Å². The Morgan fingerprint density at radius 3 is 2.40 bits per heavy atom. The number of fused-ring (bicyclic) bond motifs is 1. The fourth-order valence-electron chi connectivity index (χ4n) is 2.40. The van der Waals surface area contributed by atoms with Crippen molar-refractivity contribution < 1.29 is 23.6 Å². The number of carbonyl (C=O) groups is 1. The average molecular weight is 365 g/mol. The highest BCUT2D eigenvalue weighted by molar-refractivity contribution is 7.70. The molecule has 1 aromatic rings. The van der Waals surface area contributed by atoms with Gasteiger partial charge in [-0.3, -0.25) is 4.90 Å². The molecule has 0 aromatic heterocycles. The zero-order valence-corrected chi connectivity index (χ0v) is 16.2. The predicted molar refractivity (Wildman–Crippen MR) is 98.9 cm³/mol. The summed E-state index contributed by atoms with van der Waals surface area (Å²) in [6, 6.07) is 3.36. The maximum Gasteiger partial charge on any atom is 0.415 e. The number of hydrogen-bond acceptors (Lipinski definition) is 5. The molecule has 1 aliphatic rings. The molecular weight excluding hydrogens is 341 g/mol. The highest BCUT2D eigenvalue weighted by Gasteiger charge is 2.31. The first-order valence-corrected chi connectivity index (χ1v) is 10.6. The molecule has 25 heavy (non-hydrogen) atoms. The molecule has 1 aromatic carbocycles. The van der Waals surface area contributed by atoms with Gasteiger partial charge in [-0.25, -0.2) is 4.79 Å². The Balaban J connectivity index is 2.54. The van der Waals surface area contributed by atoms with E-state index in [2.05, 4.69) is 5.92 Å². The number of amides is 1. The number of carbonyl (C=O) groups excluding carboxylic acids is 1. The van der Waals surface area contributed by atoms with Gasteiger partial charge in [0, 0.05) is 0 Å². The van der Waals surface area contributed by atoms with Gasteiger partial charge in [0.1, 0.15) is 26.0 Å². The fourth-order valence-corrected chi connectivity index (χ4v) is 3.49. The molecule has 0 saturated carbocycles. The van der Waals surface area contributed by atoms with Crippen LogP contribution in [0.1, 0.15) is 20.8 Å². The van der Waals surface area contributed by atoms with Crippen molar-refractivity contribution >= 4 is 24.2 Å². The van der Waals surface area contributed by atoms with Crippen LogP contribution in [0.15, 0.2) is 12.1 Å². The molecule has 0 aliphatic carbocycles. The Kier molecular flexibility index (Phi) is 5.39. The van der Waals surface area contributed by atoms with Gasteiger partial charge in [-0.1, -0.05) is 5.92 Å². The summed E-state index contributed by atoms with van der Waals surface area (Å²) in [4.78, 5) is 13.9. The van der Waals surface area contributed by atoms with Crippen LogP contribution in [-0.2, 0) is 9.30 Å². The van der Waals surface area contributed by atoms with E-state index < -0.39 is 18.8 Å². The third-order valence-corrected chi connectivity index (χ3v) is 4.89. The van der Waals surface area contributed by atoms with Crippen molar-refractivity contribution in [3.05, 3.63) is 12.1 Å². The van der Waals surface area contributed by atoms with Crippen LogP contribution in [0, 0.1) is 12.3 Å². The number of benzene rings is 1. The van der Waals surface area contributed by atoms with Crippen LogP contribution in [0.25, 0.3) is 0 Å². The summed E-state index contributed by atoms with van der Waals surface area (Å²) in [5.41, 5.74) is -0.219. The molecule has 1 amide bonds. The van der Waals surface area contributed by atoms with Crippen LogP contribution >= 0.6 is 7.14 Å². The van der Waals surface area contributed by atoms with Gasteiger partial charge < -0.3 is 18.8 Å². The van der Waals surface area contributed by atoms with Gasteiger partial charge in [-0.2, -0.15) is 0 Å². The molecule has 7 heteroatoms. The molecule has 0 bridgehead atoms. The minimum absolute atomic E-state index is 0.0139. The number of hydrogen-bond donors (Lipinski definition) is 0. The first-order valence-electron chi connectivity index (χ1n) is 7.96. The number of nitrogens with zero attached hydrogens (tertiary/aromatic N) is 1. The summed E-state index contributed by atoms with van der Waals surface area (Å²) in [7, 11) is -2.58. The molecule has 1 heterocycles. The zero-order chi connectivity index (χ0) is 18.8. The molecule has 0 atom stereocenters. The lowest BCUT2D eigenvalue weighted by Gasteiger charge is -2.30. The second-order valence-electron chi connectivity index (χ2n) is 7.08. The SMILES string of the molecule is C#CCN(C(=O)OC(C)(C)C)c1ccc(P(C)(C)=O)c2c1OCCO2. The Hall–Kier alpha value is -2.12. The highest BCUT2D eigenvalue weighted by atomic mass is 31.2. The van der Waals surface area contributed by atoms with Crippen LogP contribution in [-0.4, -0.2) is 44.8 Å². The van der Waals surface area contributed by atoms with Crippen molar-refractivity contribution in [2.75, 3.05) is 38.0 Å². The third kappa shape index (κ3) is 4.49. The topological polar surface area (TPSA) is 65.1 Å². The van der Waals surface area contributed by atoms with Crippen LogP contribution in [0.4, 0.5) is 10.5 Å². The normalized spacial score (nSPS) is 13.8. The van der Waals surface area contributed by atoms with Gasteiger partial charge in [0.2, 0.25) is 0 Å². The maximum atomic E-state index is 12.6. The molecule has 2 rings (SSSR count). The lowest BCUT2D eigenvalue weighted by molar-refractivity contribution is 0.0583. The van der Waals surface area contributed by atoms with E-state index in [-0.39, 0.29) is 6.54 Å². The minimum Gasteiger partial charge on any atom is -0.485 e. The summed E-state index contributed by atoms with van der Waals surface area (Å²) < 4.78 is 29.4. The summed E-state index contributed by atoms with van der Waals surface area (Å²) in [6.45, 7) is 9.36. The first kappa shape index (κ1) is 19.2. The third-order valence-electron chi connectivity index (χ3n) is 3.38. The van der Waals surface area contributed by atoms with Gasteiger partial charge in [-0.15, -0.1) is 6.42 Å². The molecule has 0 N–H and O–H groups in total. The Labute approximate surface area is 148 Å². The van der Waals surface area contributed by atoms with Gasteiger partial charge in [0.25, 0.3) is 0 Å². The van der Waals surface area contributed by atoms with Crippen molar-refractivity contribution in [1.82, 2.24) is 0 Å². The zero-order valence-electron chi connectivity index (χ0n) is 15.3. The van der Waals surface area contributed by atoms with E-state index in [9.17, 15) is 9.36 Å². The van der Waals surface area contributed by atoms with Gasteiger partial charge >= 0.3 is 6.09 Å². The second kappa shape index (κ2) is 7.01. The van der Waals surface area contributed by atoms with Crippen molar-refractivity contribution in [3.63, 3.8) is 0 Å². The van der Waals surface area contributed by atoms with E-state index >= 15 is 0 Å². The van der Waals surface area contributed by atoms with E-state index in [4.69, 9.17) is 20.6 Å². The first-order chi connectivity index (χ1) is 11.5. The quantitative estimate of drug-likeness (QED) is 0.608. The van der Waals surface area contributed by atoms with Crippen molar-refractivity contribution in [2.24, 2.45) is 0 Å². The molecular formula is C18H24NO5P. The minimum atomic E-state index is -2.58. The molecule has 0 fully saturated rings. The van der Waals surface area contributed by atoms with Gasteiger partial charge in [0.05, 0.1) is 17.5 Å². The predicted octanol–water partition coefficient (Wildman–Crippen LogP) is 3.08. The average Bonchev–Trinajstić information content (AvgIpc) is 2.49. The van der Waals surface area contributed by atoms with Crippen molar-refractivity contribution in [2.45, 2.75) is 26.4 Å².